The van der Waals surface area contributed by atoms with Crippen LogP contribution in [0.2, 0.25) is 5.02 Å². The van der Waals surface area contributed by atoms with Gasteiger partial charge in [-0.2, -0.15) is 0 Å². The number of carbonyl (C=O) groups is 1. The fourth-order valence-electron chi connectivity index (χ4n) is 1.11. The van der Waals surface area contributed by atoms with Crippen molar-refractivity contribution in [3.8, 4) is 0 Å². The van der Waals surface area contributed by atoms with Crippen LogP contribution in [-0.2, 0) is 11.3 Å². The quantitative estimate of drug-likeness (QED) is 0.834. The van der Waals surface area contributed by atoms with Crippen molar-refractivity contribution in [3.05, 3.63) is 33.2 Å². The fourth-order valence-corrected chi connectivity index (χ4v) is 1.33. The third-order valence-corrected chi connectivity index (χ3v) is 2.18. The van der Waals surface area contributed by atoms with E-state index in [0.717, 1.165) is 0 Å². The molecule has 0 spiro atoms. The van der Waals surface area contributed by atoms with E-state index >= 15 is 0 Å². The normalized spacial score (nSPS) is 10.3. The summed E-state index contributed by atoms with van der Waals surface area (Å²) in [5.41, 5.74) is -1.03. The van der Waals surface area contributed by atoms with Crippen LogP contribution in [0.4, 0.5) is 0 Å². The summed E-state index contributed by atoms with van der Waals surface area (Å²) in [5.74, 6) is -1.32. The van der Waals surface area contributed by atoms with Gasteiger partial charge in [-0.3, -0.25) is 4.79 Å². The average molecular weight is 232 g/mol. The van der Waals surface area contributed by atoms with Gasteiger partial charge in [-0.15, -0.1) is 0 Å². The first-order valence-electron chi connectivity index (χ1n) is 4.19. The number of carboxylic acids is 1. The summed E-state index contributed by atoms with van der Waals surface area (Å²) < 4.78 is 6.04. The number of aromatic nitrogens is 1. The van der Waals surface area contributed by atoms with Crippen molar-refractivity contribution in [1.29, 1.82) is 0 Å². The molecule has 1 aromatic heterocycles. The molecular weight excluding hydrogens is 222 g/mol. The maximum Gasteiger partial charge on any atom is 0.342 e. The van der Waals surface area contributed by atoms with Gasteiger partial charge in [-0.05, 0) is 6.07 Å². The van der Waals surface area contributed by atoms with Gasteiger partial charge in [0.05, 0.1) is 11.6 Å². The summed E-state index contributed by atoms with van der Waals surface area (Å²) in [7, 11) is 1.50. The lowest BCUT2D eigenvalue weighted by atomic mass is 10.3. The van der Waals surface area contributed by atoms with E-state index in [1.54, 1.807) is 0 Å². The third kappa shape index (κ3) is 2.57. The standard InChI is InChI=1S/C9H10ClNO4/c1-15-5-4-11-3-2-6(10)7(8(11)12)9(13)14/h2-3H,4-5H2,1H3,(H,13,14). The lowest BCUT2D eigenvalue weighted by Gasteiger charge is -2.06. The van der Waals surface area contributed by atoms with Crippen molar-refractivity contribution in [2.45, 2.75) is 6.54 Å². The van der Waals surface area contributed by atoms with Crippen LogP contribution in [-0.4, -0.2) is 29.4 Å². The Morgan fingerprint density at radius 3 is 2.87 bits per heavy atom. The highest BCUT2D eigenvalue weighted by atomic mass is 35.5. The zero-order valence-corrected chi connectivity index (χ0v) is 8.82. The van der Waals surface area contributed by atoms with Crippen molar-refractivity contribution < 1.29 is 14.6 Å². The minimum absolute atomic E-state index is 0.0545. The van der Waals surface area contributed by atoms with E-state index in [1.165, 1.54) is 23.9 Å². The largest absolute Gasteiger partial charge is 0.477 e. The van der Waals surface area contributed by atoms with E-state index in [2.05, 4.69) is 0 Å². The van der Waals surface area contributed by atoms with Crippen LogP contribution in [0.1, 0.15) is 10.4 Å². The molecule has 1 aromatic rings. The van der Waals surface area contributed by atoms with Crippen LogP contribution in [0, 0.1) is 0 Å². The van der Waals surface area contributed by atoms with Crippen molar-refractivity contribution in [2.24, 2.45) is 0 Å². The first kappa shape index (κ1) is 11.7. The molecule has 0 radical (unpaired) electrons. The number of pyridine rings is 1. The Bertz CT molecular complexity index is 427. The zero-order valence-electron chi connectivity index (χ0n) is 8.07. The Morgan fingerprint density at radius 2 is 2.33 bits per heavy atom. The molecule has 0 aromatic carbocycles. The Kier molecular flexibility index (Phi) is 3.88. The molecule has 0 bridgehead atoms. The van der Waals surface area contributed by atoms with E-state index in [-0.39, 0.29) is 5.02 Å². The molecule has 0 atom stereocenters. The summed E-state index contributed by atoms with van der Waals surface area (Å²) in [5, 5.41) is 8.71. The Balaban J connectivity index is 3.17. The van der Waals surface area contributed by atoms with Gasteiger partial charge >= 0.3 is 5.97 Å². The smallest absolute Gasteiger partial charge is 0.342 e. The van der Waals surface area contributed by atoms with Crippen molar-refractivity contribution in [3.63, 3.8) is 0 Å². The van der Waals surface area contributed by atoms with E-state index < -0.39 is 17.1 Å². The molecule has 0 unspecified atom stereocenters. The number of methoxy groups -OCH3 is 1. The number of halogens is 1. The summed E-state index contributed by atoms with van der Waals surface area (Å²) in [6.45, 7) is 0.632. The number of carboxylic acid groups (broad SMARTS) is 1. The van der Waals surface area contributed by atoms with Gasteiger partial charge in [0.2, 0.25) is 0 Å². The SMILES string of the molecule is COCCn1ccc(Cl)c(C(=O)O)c1=O. The molecular formula is C9H10ClNO4. The molecule has 0 saturated heterocycles. The van der Waals surface area contributed by atoms with Crippen molar-refractivity contribution in [1.82, 2.24) is 4.57 Å². The number of rotatable bonds is 4. The molecule has 15 heavy (non-hydrogen) atoms. The van der Waals surface area contributed by atoms with Crippen molar-refractivity contribution >= 4 is 17.6 Å². The van der Waals surface area contributed by atoms with Gasteiger partial charge in [0.1, 0.15) is 5.56 Å². The molecule has 0 aliphatic carbocycles. The predicted octanol–water partition coefficient (Wildman–Crippen LogP) is 0.846. The summed E-state index contributed by atoms with van der Waals surface area (Å²) in [6, 6.07) is 1.38. The van der Waals surface area contributed by atoms with E-state index in [1.807, 2.05) is 0 Å². The molecule has 82 valence electrons. The van der Waals surface area contributed by atoms with Gasteiger partial charge in [0.25, 0.3) is 5.56 Å². The number of nitrogens with zero attached hydrogens (tertiary/aromatic N) is 1. The Morgan fingerprint density at radius 1 is 1.67 bits per heavy atom. The van der Waals surface area contributed by atoms with Crippen LogP contribution in [0.3, 0.4) is 0 Å². The maximum absolute atomic E-state index is 11.6. The lowest BCUT2D eigenvalue weighted by molar-refractivity contribution is 0.0694. The Hall–Kier alpha value is -1.33. The number of aromatic carboxylic acids is 1. The number of ether oxygens (including phenoxy) is 1. The van der Waals surface area contributed by atoms with Crippen LogP contribution in [0.15, 0.2) is 17.1 Å². The molecule has 6 heteroatoms. The van der Waals surface area contributed by atoms with Crippen LogP contribution in [0.25, 0.3) is 0 Å². The molecule has 0 aliphatic rings. The molecule has 5 nitrogen and oxygen atoms in total. The van der Waals surface area contributed by atoms with Crippen LogP contribution < -0.4 is 5.56 Å². The van der Waals surface area contributed by atoms with Gasteiger partial charge in [-0.25, -0.2) is 4.79 Å². The lowest BCUT2D eigenvalue weighted by Crippen LogP contribution is -2.27. The summed E-state index contributed by atoms with van der Waals surface area (Å²) in [6.07, 6.45) is 1.44. The minimum Gasteiger partial charge on any atom is -0.477 e. The Labute approximate surface area is 90.9 Å². The van der Waals surface area contributed by atoms with E-state index in [9.17, 15) is 9.59 Å². The predicted molar refractivity (Wildman–Crippen MR) is 54.5 cm³/mol. The number of hydrogen-bond acceptors (Lipinski definition) is 3. The van der Waals surface area contributed by atoms with Crippen LogP contribution in [0.5, 0.6) is 0 Å². The van der Waals surface area contributed by atoms with Gasteiger partial charge in [0.15, 0.2) is 0 Å². The second kappa shape index (κ2) is 4.95. The molecule has 0 amide bonds. The highest BCUT2D eigenvalue weighted by Crippen LogP contribution is 2.10. The molecule has 1 heterocycles. The highest BCUT2D eigenvalue weighted by molar-refractivity contribution is 6.33. The van der Waals surface area contributed by atoms with Gasteiger partial charge in [-0.1, -0.05) is 11.6 Å². The van der Waals surface area contributed by atoms with E-state index in [0.29, 0.717) is 13.2 Å². The minimum atomic E-state index is -1.32. The molecule has 1 N–H and O–H groups in total. The molecule has 0 fully saturated rings. The third-order valence-electron chi connectivity index (χ3n) is 1.86. The first-order chi connectivity index (χ1) is 7.07. The number of hydrogen-bond donors (Lipinski definition) is 1. The summed E-state index contributed by atoms with van der Waals surface area (Å²) in [4.78, 5) is 22.3. The molecule has 0 aliphatic heterocycles. The zero-order chi connectivity index (χ0) is 11.4. The van der Waals surface area contributed by atoms with Crippen molar-refractivity contribution in [2.75, 3.05) is 13.7 Å². The van der Waals surface area contributed by atoms with Gasteiger partial charge in [0, 0.05) is 19.9 Å². The van der Waals surface area contributed by atoms with E-state index in [4.69, 9.17) is 21.4 Å². The molecule has 0 saturated carbocycles. The van der Waals surface area contributed by atoms with Gasteiger partial charge < -0.3 is 14.4 Å². The topological polar surface area (TPSA) is 68.5 Å². The van der Waals surface area contributed by atoms with Crippen LogP contribution >= 0.6 is 11.6 Å². The second-order valence-electron chi connectivity index (χ2n) is 2.84. The monoisotopic (exact) mass is 231 g/mol. The first-order valence-corrected chi connectivity index (χ1v) is 4.57. The average Bonchev–Trinajstić information content (AvgIpc) is 2.16. The molecule has 1 rings (SSSR count). The maximum atomic E-state index is 11.6. The fraction of sp³-hybridized carbons (Fsp3) is 0.333. The second-order valence-corrected chi connectivity index (χ2v) is 3.24. The summed E-state index contributed by atoms with van der Waals surface area (Å²) >= 11 is 5.61. The highest BCUT2D eigenvalue weighted by Gasteiger charge is 2.15.